The monoisotopic (exact) mass is 781 g/mol. The summed E-state index contributed by atoms with van der Waals surface area (Å²) in [6.07, 6.45) is 46.8. The van der Waals surface area contributed by atoms with Crippen LogP contribution in [0.3, 0.4) is 0 Å². The maximum Gasteiger partial charge on any atom is 0.472 e. The third kappa shape index (κ3) is 41.4. The fourth-order valence-electron chi connectivity index (χ4n) is 5.52. The number of phosphoric ester groups is 1. The molecule has 0 saturated heterocycles. The first-order chi connectivity index (χ1) is 26.1. The third-order valence-electron chi connectivity index (χ3n) is 8.84. The minimum absolute atomic E-state index is 0.0816. The van der Waals surface area contributed by atoms with E-state index in [0.29, 0.717) is 24.1 Å². The number of phosphoric acid groups is 1. The number of quaternary nitrogens is 1. The smallest absolute Gasteiger partial charge is 0.457 e. The summed E-state index contributed by atoms with van der Waals surface area (Å²) in [5, 5.41) is 0. The molecule has 2 atom stereocenters. The highest BCUT2D eigenvalue weighted by molar-refractivity contribution is 7.47. The van der Waals surface area contributed by atoms with Crippen molar-refractivity contribution in [3.05, 3.63) is 60.8 Å². The van der Waals surface area contributed by atoms with E-state index >= 15 is 0 Å². The standard InChI is InChI=1S/C45H82NO7P/c1-6-8-10-12-14-16-18-20-21-22-23-24-25-26-27-29-31-33-35-37-40-50-42-44(43-52-54(48,49)51-41-39-46(3,4)5)53-45(47)38-36-34-32-30-28-19-17-15-13-11-9-7-2/h8,10,14,16,20-21,23-24,26-27,44H,6-7,9,11-13,15,17-19,22,25,28-43H2,1-5H3/p+1/b10-8-,16-14-,21-20-,24-23-,27-26-. The molecule has 0 spiro atoms. The van der Waals surface area contributed by atoms with Gasteiger partial charge in [-0.15, -0.1) is 0 Å². The summed E-state index contributed by atoms with van der Waals surface area (Å²) in [4.78, 5) is 22.8. The van der Waals surface area contributed by atoms with Crippen LogP contribution in [0.5, 0.6) is 0 Å². The third-order valence-corrected chi connectivity index (χ3v) is 9.83. The SMILES string of the molecule is CC/C=C\C/C=C\C/C=C\C/C=C\C/C=C\CCCCCCOCC(COP(=O)(O)OCC[N+](C)(C)C)OC(=O)CCCCCCCCCCCCCC. The van der Waals surface area contributed by atoms with Crippen LogP contribution in [0.4, 0.5) is 0 Å². The Morgan fingerprint density at radius 2 is 1.07 bits per heavy atom. The van der Waals surface area contributed by atoms with Gasteiger partial charge in [0.05, 0.1) is 34.4 Å². The number of nitrogens with zero attached hydrogens (tertiary/aromatic N) is 1. The van der Waals surface area contributed by atoms with Crippen LogP contribution in [0, 0.1) is 0 Å². The maximum atomic E-state index is 12.7. The van der Waals surface area contributed by atoms with E-state index in [9.17, 15) is 14.3 Å². The minimum Gasteiger partial charge on any atom is -0.457 e. The summed E-state index contributed by atoms with van der Waals surface area (Å²) in [6.45, 7) is 5.43. The van der Waals surface area contributed by atoms with Crippen LogP contribution in [0.25, 0.3) is 0 Å². The van der Waals surface area contributed by atoms with E-state index in [1.54, 1.807) is 0 Å². The van der Waals surface area contributed by atoms with Crippen LogP contribution in [0.2, 0.25) is 0 Å². The van der Waals surface area contributed by atoms with Crippen LogP contribution in [-0.2, 0) is 27.9 Å². The Kier molecular flexibility index (Phi) is 36.8. The van der Waals surface area contributed by atoms with Crippen molar-refractivity contribution in [2.24, 2.45) is 0 Å². The molecule has 0 amide bonds. The van der Waals surface area contributed by atoms with Crippen molar-refractivity contribution in [2.45, 2.75) is 168 Å². The molecule has 2 unspecified atom stereocenters. The lowest BCUT2D eigenvalue weighted by atomic mass is 10.0. The molecule has 0 rings (SSSR count). The molecule has 0 aliphatic carbocycles. The van der Waals surface area contributed by atoms with Crippen LogP contribution in [0.1, 0.15) is 162 Å². The number of allylic oxidation sites excluding steroid dienone is 10. The second-order valence-corrected chi connectivity index (χ2v) is 16.8. The van der Waals surface area contributed by atoms with Gasteiger partial charge in [0.15, 0.2) is 0 Å². The Balaban J connectivity index is 4.28. The van der Waals surface area contributed by atoms with Crippen LogP contribution >= 0.6 is 7.82 Å². The summed E-state index contributed by atoms with van der Waals surface area (Å²) < 4.78 is 34.9. The van der Waals surface area contributed by atoms with E-state index in [0.717, 1.165) is 83.5 Å². The Morgan fingerprint density at radius 1 is 0.593 bits per heavy atom. The molecule has 0 aromatic heterocycles. The Morgan fingerprint density at radius 3 is 1.61 bits per heavy atom. The molecule has 0 aliphatic heterocycles. The zero-order valence-corrected chi connectivity index (χ0v) is 36.3. The van der Waals surface area contributed by atoms with Gasteiger partial charge in [0.25, 0.3) is 0 Å². The fourth-order valence-corrected chi connectivity index (χ4v) is 6.26. The lowest BCUT2D eigenvalue weighted by Crippen LogP contribution is -2.37. The Labute approximate surface area is 332 Å². The van der Waals surface area contributed by atoms with Gasteiger partial charge in [-0.2, -0.15) is 0 Å². The molecule has 0 aromatic carbocycles. The van der Waals surface area contributed by atoms with Crippen molar-refractivity contribution in [3.63, 3.8) is 0 Å². The van der Waals surface area contributed by atoms with Gasteiger partial charge in [0.2, 0.25) is 0 Å². The molecule has 9 heteroatoms. The number of carbonyl (C=O) groups is 1. The predicted octanol–water partition coefficient (Wildman–Crippen LogP) is 12.5. The summed E-state index contributed by atoms with van der Waals surface area (Å²) in [5.41, 5.74) is 0. The van der Waals surface area contributed by atoms with E-state index in [2.05, 4.69) is 74.6 Å². The molecule has 0 radical (unpaired) electrons. The molecule has 0 heterocycles. The van der Waals surface area contributed by atoms with Gasteiger partial charge in [-0.05, 0) is 57.8 Å². The van der Waals surface area contributed by atoms with E-state index in [1.807, 2.05) is 21.1 Å². The highest BCUT2D eigenvalue weighted by atomic mass is 31.2. The molecule has 8 nitrogen and oxygen atoms in total. The summed E-state index contributed by atoms with van der Waals surface area (Å²) >= 11 is 0. The second kappa shape index (κ2) is 38.1. The minimum atomic E-state index is -4.28. The van der Waals surface area contributed by atoms with E-state index in [1.165, 1.54) is 57.8 Å². The highest BCUT2D eigenvalue weighted by Gasteiger charge is 2.26. The van der Waals surface area contributed by atoms with Crippen LogP contribution < -0.4 is 0 Å². The lowest BCUT2D eigenvalue weighted by Gasteiger charge is -2.24. The largest absolute Gasteiger partial charge is 0.472 e. The first kappa shape index (κ1) is 52.2. The number of ether oxygens (including phenoxy) is 2. The molecule has 0 fully saturated rings. The van der Waals surface area contributed by atoms with Gasteiger partial charge in [-0.25, -0.2) is 4.57 Å². The summed E-state index contributed by atoms with van der Waals surface area (Å²) in [6, 6.07) is 0. The Hall–Kier alpha value is -1.80. The molecule has 54 heavy (non-hydrogen) atoms. The number of carbonyl (C=O) groups excluding carboxylic acids is 1. The lowest BCUT2D eigenvalue weighted by molar-refractivity contribution is -0.870. The molecule has 0 aromatic rings. The number of hydrogen-bond acceptors (Lipinski definition) is 6. The average Bonchev–Trinajstić information content (AvgIpc) is 3.12. The van der Waals surface area contributed by atoms with Crippen molar-refractivity contribution >= 4 is 13.8 Å². The quantitative estimate of drug-likeness (QED) is 0.0218. The van der Waals surface area contributed by atoms with Gasteiger partial charge >= 0.3 is 13.8 Å². The number of esters is 1. The number of unbranched alkanes of at least 4 members (excludes halogenated alkanes) is 15. The van der Waals surface area contributed by atoms with Crippen LogP contribution in [0.15, 0.2) is 60.8 Å². The second-order valence-electron chi connectivity index (χ2n) is 15.3. The molecule has 1 N–H and O–H groups in total. The first-order valence-corrected chi connectivity index (χ1v) is 23.0. The van der Waals surface area contributed by atoms with Gasteiger partial charge < -0.3 is 18.9 Å². The summed E-state index contributed by atoms with van der Waals surface area (Å²) in [5.74, 6) is -0.326. The normalized spacial score (nSPS) is 14.4. The zero-order chi connectivity index (χ0) is 39.9. The zero-order valence-electron chi connectivity index (χ0n) is 35.4. The van der Waals surface area contributed by atoms with Gasteiger partial charge in [-0.1, -0.05) is 158 Å². The highest BCUT2D eigenvalue weighted by Crippen LogP contribution is 2.43. The van der Waals surface area contributed by atoms with E-state index in [-0.39, 0.29) is 25.8 Å². The van der Waals surface area contributed by atoms with E-state index in [4.69, 9.17) is 18.5 Å². The molecule has 0 bridgehead atoms. The number of hydrogen-bond donors (Lipinski definition) is 1. The number of rotatable bonds is 39. The predicted molar refractivity (Wildman–Crippen MR) is 229 cm³/mol. The summed E-state index contributed by atoms with van der Waals surface area (Å²) in [7, 11) is 1.64. The molecular weight excluding hydrogens is 697 g/mol. The maximum absolute atomic E-state index is 12.7. The van der Waals surface area contributed by atoms with Gasteiger partial charge in [0, 0.05) is 13.0 Å². The van der Waals surface area contributed by atoms with Crippen LogP contribution in [-0.4, -0.2) is 75.6 Å². The topological polar surface area (TPSA) is 91.3 Å². The van der Waals surface area contributed by atoms with Gasteiger partial charge in [0.1, 0.15) is 19.3 Å². The van der Waals surface area contributed by atoms with Gasteiger partial charge in [-0.3, -0.25) is 13.8 Å². The van der Waals surface area contributed by atoms with Crippen molar-refractivity contribution in [3.8, 4) is 0 Å². The molecule has 0 saturated carbocycles. The Bertz CT molecular complexity index is 1050. The van der Waals surface area contributed by atoms with Crippen molar-refractivity contribution in [1.82, 2.24) is 0 Å². The van der Waals surface area contributed by atoms with Crippen molar-refractivity contribution in [1.29, 1.82) is 0 Å². The molecular formula is C45H83NO7P+. The van der Waals surface area contributed by atoms with Crippen molar-refractivity contribution < 1.29 is 37.3 Å². The average molecular weight is 781 g/mol. The van der Waals surface area contributed by atoms with E-state index < -0.39 is 13.9 Å². The fraction of sp³-hybridized carbons (Fsp3) is 0.756. The van der Waals surface area contributed by atoms with Crippen molar-refractivity contribution in [2.75, 3.05) is 54.1 Å². The number of likely N-dealkylation sites (N-methyl/N-ethyl adjacent to an activating group) is 1. The molecule has 0 aliphatic rings. The first-order valence-electron chi connectivity index (χ1n) is 21.5. The molecule has 314 valence electrons.